The third kappa shape index (κ3) is 4.39. The van der Waals surface area contributed by atoms with E-state index in [9.17, 15) is 9.59 Å². The van der Waals surface area contributed by atoms with E-state index in [-0.39, 0.29) is 17.2 Å². The van der Waals surface area contributed by atoms with Crippen LogP contribution in [0.5, 0.6) is 0 Å². The Kier molecular flexibility index (Phi) is 5.78. The van der Waals surface area contributed by atoms with Crippen molar-refractivity contribution in [3.63, 3.8) is 0 Å². The number of carbonyl (C=O) groups excluding carboxylic acids is 1. The number of pyridine rings is 1. The van der Waals surface area contributed by atoms with Crippen molar-refractivity contribution in [2.45, 2.75) is 25.4 Å². The van der Waals surface area contributed by atoms with Crippen molar-refractivity contribution in [3.05, 3.63) is 94.0 Å². The zero-order valence-corrected chi connectivity index (χ0v) is 20.6. The summed E-state index contributed by atoms with van der Waals surface area (Å²) in [5.74, 6) is 0.670. The van der Waals surface area contributed by atoms with Gasteiger partial charge in [-0.3, -0.25) is 9.69 Å². The van der Waals surface area contributed by atoms with Crippen molar-refractivity contribution in [2.24, 2.45) is 13.0 Å². The summed E-state index contributed by atoms with van der Waals surface area (Å²) >= 11 is 0. The van der Waals surface area contributed by atoms with E-state index >= 15 is 0 Å². The van der Waals surface area contributed by atoms with E-state index in [1.54, 1.807) is 30.3 Å². The fourth-order valence-electron chi connectivity index (χ4n) is 6.01. The molecule has 0 radical (unpaired) electrons. The van der Waals surface area contributed by atoms with E-state index in [1.807, 2.05) is 16.7 Å². The molecule has 0 unspecified atom stereocenters. The number of carbonyl (C=O) groups is 1. The number of amides is 2. The Morgan fingerprint density at radius 2 is 1.92 bits per heavy atom. The fraction of sp³-hybridized carbons (Fsp3) is 0.276. The number of nitriles is 1. The lowest BCUT2D eigenvalue weighted by Gasteiger charge is -2.43. The van der Waals surface area contributed by atoms with Crippen molar-refractivity contribution < 1.29 is 4.79 Å². The van der Waals surface area contributed by atoms with Crippen LogP contribution in [0.15, 0.2) is 71.7 Å². The summed E-state index contributed by atoms with van der Waals surface area (Å²) in [5.41, 5.74) is 4.65. The van der Waals surface area contributed by atoms with Crippen LogP contribution in [0.4, 0.5) is 16.2 Å². The van der Waals surface area contributed by atoms with Gasteiger partial charge in [0.15, 0.2) is 0 Å². The lowest BCUT2D eigenvalue weighted by atomic mass is 9.83. The van der Waals surface area contributed by atoms with Crippen LogP contribution in [-0.2, 0) is 20.1 Å². The Morgan fingerprint density at radius 3 is 2.78 bits per heavy atom. The summed E-state index contributed by atoms with van der Waals surface area (Å²) in [6, 6.07) is 20.4. The molecule has 37 heavy (non-hydrogen) atoms. The van der Waals surface area contributed by atoms with Crippen LogP contribution >= 0.6 is 0 Å². The third-order valence-corrected chi connectivity index (χ3v) is 7.55. The van der Waals surface area contributed by atoms with Crippen LogP contribution in [0.3, 0.4) is 0 Å². The van der Waals surface area contributed by atoms with Crippen LogP contribution in [0, 0.1) is 17.2 Å². The molecule has 4 aromatic rings. The lowest BCUT2D eigenvalue weighted by Crippen LogP contribution is -2.47. The van der Waals surface area contributed by atoms with Crippen molar-refractivity contribution >= 4 is 28.3 Å². The average molecular weight is 493 g/mol. The molecule has 0 saturated carbocycles. The molecular weight excluding hydrogens is 464 g/mol. The molecule has 0 aliphatic carbocycles. The van der Waals surface area contributed by atoms with Crippen molar-refractivity contribution in [1.82, 2.24) is 14.0 Å². The van der Waals surface area contributed by atoms with Crippen LogP contribution in [0.2, 0.25) is 0 Å². The van der Waals surface area contributed by atoms with E-state index in [2.05, 4.69) is 57.6 Å². The number of rotatable bonds is 4. The smallest absolute Gasteiger partial charge is 0.323 e. The minimum atomic E-state index is -0.509. The molecule has 8 nitrogen and oxygen atoms in total. The molecule has 2 aliphatic rings. The molecule has 2 aromatic carbocycles. The largest absolute Gasteiger partial charge is 0.350 e. The number of nitrogens with zero attached hydrogens (tertiary/aromatic N) is 4. The molecule has 6 rings (SSSR count). The SMILES string of the molecule is Cn1cc(CN2C[C@@H]3C[C@H](C2)c2ccc(NC(=O)Nc4cccc(C#N)c4)c(=O)n2C3)c2ccccc21. The number of aromatic nitrogens is 2. The van der Waals surface area contributed by atoms with E-state index in [0.717, 1.165) is 31.7 Å². The normalized spacial score (nSPS) is 18.7. The molecular formula is C29H28N6O2. The molecule has 4 heterocycles. The number of nitrogens with one attached hydrogen (secondary N) is 2. The Bertz CT molecular complexity index is 1610. The predicted molar refractivity (Wildman–Crippen MR) is 144 cm³/mol. The van der Waals surface area contributed by atoms with Gasteiger partial charge in [-0.2, -0.15) is 5.26 Å². The van der Waals surface area contributed by atoms with Crippen LogP contribution < -0.4 is 16.2 Å². The van der Waals surface area contributed by atoms with E-state index in [1.165, 1.54) is 16.5 Å². The molecule has 0 spiro atoms. The number of hydrogen-bond donors (Lipinski definition) is 2. The summed E-state index contributed by atoms with van der Waals surface area (Å²) in [4.78, 5) is 28.4. The number of anilines is 2. The molecule has 8 heteroatoms. The van der Waals surface area contributed by atoms with Crippen LogP contribution in [-0.4, -0.2) is 33.2 Å². The maximum Gasteiger partial charge on any atom is 0.323 e. The molecule has 2 amide bonds. The van der Waals surface area contributed by atoms with Gasteiger partial charge in [0.2, 0.25) is 0 Å². The number of para-hydroxylation sites is 1. The van der Waals surface area contributed by atoms with Gasteiger partial charge in [-0.1, -0.05) is 24.3 Å². The summed E-state index contributed by atoms with van der Waals surface area (Å²) < 4.78 is 4.04. The number of urea groups is 1. The van der Waals surface area contributed by atoms with Crippen molar-refractivity contribution in [2.75, 3.05) is 23.7 Å². The quantitative estimate of drug-likeness (QED) is 0.439. The highest BCUT2D eigenvalue weighted by molar-refractivity contribution is 5.99. The summed E-state index contributed by atoms with van der Waals surface area (Å²) in [5, 5.41) is 15.7. The zero-order valence-electron chi connectivity index (χ0n) is 20.6. The molecule has 2 atom stereocenters. The van der Waals surface area contributed by atoms with E-state index in [0.29, 0.717) is 23.7 Å². The first kappa shape index (κ1) is 23.1. The molecule has 2 bridgehead atoms. The average Bonchev–Trinajstić information content (AvgIpc) is 3.21. The minimum absolute atomic E-state index is 0.171. The Labute approximate surface area is 214 Å². The van der Waals surface area contributed by atoms with Gasteiger partial charge in [0, 0.05) is 67.6 Å². The first-order chi connectivity index (χ1) is 18.0. The molecule has 1 saturated heterocycles. The highest BCUT2D eigenvalue weighted by atomic mass is 16.2. The molecule has 2 aromatic heterocycles. The van der Waals surface area contributed by atoms with Gasteiger partial charge < -0.3 is 19.8 Å². The molecule has 2 N–H and O–H groups in total. The first-order valence-corrected chi connectivity index (χ1v) is 12.6. The minimum Gasteiger partial charge on any atom is -0.350 e. The predicted octanol–water partition coefficient (Wildman–Crippen LogP) is 4.47. The second kappa shape index (κ2) is 9.26. The van der Waals surface area contributed by atoms with Gasteiger partial charge in [0.25, 0.3) is 5.56 Å². The number of hydrogen-bond acceptors (Lipinski definition) is 4. The number of fused-ring (bicyclic) bond motifs is 5. The first-order valence-electron chi connectivity index (χ1n) is 12.6. The zero-order chi connectivity index (χ0) is 25.5. The van der Waals surface area contributed by atoms with Gasteiger partial charge in [0.1, 0.15) is 5.69 Å². The second-order valence-electron chi connectivity index (χ2n) is 10.1. The topological polar surface area (TPSA) is 95.1 Å². The maximum atomic E-state index is 13.3. The number of benzene rings is 2. The van der Waals surface area contributed by atoms with Gasteiger partial charge >= 0.3 is 6.03 Å². The number of likely N-dealkylation sites (tertiary alicyclic amines) is 1. The maximum absolute atomic E-state index is 13.3. The van der Waals surface area contributed by atoms with Gasteiger partial charge in [-0.25, -0.2) is 4.79 Å². The van der Waals surface area contributed by atoms with E-state index < -0.39 is 6.03 Å². The molecule has 1 fully saturated rings. The Hall–Kier alpha value is -4.35. The number of aryl methyl sites for hydroxylation is 1. The summed E-state index contributed by atoms with van der Waals surface area (Å²) in [6.07, 6.45) is 3.31. The summed E-state index contributed by atoms with van der Waals surface area (Å²) in [7, 11) is 2.09. The van der Waals surface area contributed by atoms with Gasteiger partial charge in [-0.05, 0) is 54.3 Å². The monoisotopic (exact) mass is 492 g/mol. The lowest BCUT2D eigenvalue weighted by molar-refractivity contribution is 0.115. The van der Waals surface area contributed by atoms with Gasteiger partial charge in [0.05, 0.1) is 11.6 Å². The Morgan fingerprint density at radius 1 is 1.05 bits per heavy atom. The van der Waals surface area contributed by atoms with Gasteiger partial charge in [-0.15, -0.1) is 0 Å². The molecule has 2 aliphatic heterocycles. The van der Waals surface area contributed by atoms with Crippen LogP contribution in [0.25, 0.3) is 10.9 Å². The summed E-state index contributed by atoms with van der Waals surface area (Å²) in [6.45, 7) is 3.39. The van der Waals surface area contributed by atoms with Crippen LogP contribution in [0.1, 0.15) is 29.2 Å². The highest BCUT2D eigenvalue weighted by Crippen LogP contribution is 2.36. The Balaban J connectivity index is 1.18. The fourth-order valence-corrected chi connectivity index (χ4v) is 6.01. The van der Waals surface area contributed by atoms with Crippen molar-refractivity contribution in [1.29, 1.82) is 5.26 Å². The standard InChI is InChI=1S/C29H28N6O2/c1-33-16-22(24-7-2-3-8-27(24)33)18-34-14-20-11-21(17-34)26-10-9-25(28(36)35(26)15-20)32-29(37)31-23-6-4-5-19(12-23)13-30/h2-10,12,16,20-21H,11,14-15,17-18H2,1H3,(H2,31,32,37)/t20-,21+/m0/s1. The molecule has 186 valence electrons. The van der Waals surface area contributed by atoms with E-state index in [4.69, 9.17) is 5.26 Å². The second-order valence-corrected chi connectivity index (χ2v) is 10.1. The number of piperidine rings is 1. The third-order valence-electron chi connectivity index (χ3n) is 7.55. The van der Waals surface area contributed by atoms with Crippen molar-refractivity contribution in [3.8, 4) is 6.07 Å². The highest BCUT2D eigenvalue weighted by Gasteiger charge is 2.35.